The maximum atomic E-state index is 13.9. The molecule has 5 rings (SSSR count). The molecule has 0 unspecified atom stereocenters. The van der Waals surface area contributed by atoms with E-state index in [4.69, 9.17) is 23.7 Å². The summed E-state index contributed by atoms with van der Waals surface area (Å²) in [5.41, 5.74) is 2.68. The zero-order valence-corrected chi connectivity index (χ0v) is 26.8. The van der Waals surface area contributed by atoms with Crippen molar-refractivity contribution < 1.29 is 33.3 Å². The summed E-state index contributed by atoms with van der Waals surface area (Å²) in [5, 5.41) is 0. The Morgan fingerprint density at radius 2 is 1.65 bits per heavy atom. The fourth-order valence-corrected chi connectivity index (χ4v) is 5.92. The molecular weight excluding hydrogens is 608 g/mol. The van der Waals surface area contributed by atoms with Crippen molar-refractivity contribution in [3.8, 4) is 17.2 Å². The van der Waals surface area contributed by atoms with E-state index in [1.807, 2.05) is 56.3 Å². The van der Waals surface area contributed by atoms with Crippen molar-refractivity contribution in [3.05, 3.63) is 120 Å². The molecule has 10 nitrogen and oxygen atoms in total. The summed E-state index contributed by atoms with van der Waals surface area (Å²) < 4.78 is 29.6. The molecule has 1 aromatic heterocycles. The predicted molar refractivity (Wildman–Crippen MR) is 173 cm³/mol. The highest BCUT2D eigenvalue weighted by molar-refractivity contribution is 7.07. The van der Waals surface area contributed by atoms with Crippen LogP contribution in [0.4, 0.5) is 0 Å². The van der Waals surface area contributed by atoms with Gasteiger partial charge in [0.05, 0.1) is 48.6 Å². The van der Waals surface area contributed by atoms with Gasteiger partial charge in [-0.3, -0.25) is 9.36 Å². The Morgan fingerprint density at radius 3 is 2.37 bits per heavy atom. The molecule has 0 saturated carbocycles. The number of hydrogen-bond acceptors (Lipinski definition) is 10. The van der Waals surface area contributed by atoms with Crippen molar-refractivity contribution >= 4 is 29.4 Å². The summed E-state index contributed by atoms with van der Waals surface area (Å²) in [5.74, 6) is 0.738. The highest BCUT2D eigenvalue weighted by Crippen LogP contribution is 2.35. The van der Waals surface area contributed by atoms with Gasteiger partial charge >= 0.3 is 11.9 Å². The lowest BCUT2D eigenvalue weighted by molar-refractivity contribution is -0.136. The van der Waals surface area contributed by atoms with Crippen molar-refractivity contribution in [1.82, 2.24) is 4.57 Å². The minimum absolute atomic E-state index is 0.221. The SMILES string of the molecule is CCOC(=O)c1ccc(COc2cccc(/C=c3/sc4n(c3=O)[C@H](c3ccc(OCC)c(OCC)c3)C(C(=O)OC)=CN=4)c2)cc1. The molecule has 4 aromatic rings. The van der Waals surface area contributed by atoms with E-state index in [-0.39, 0.29) is 23.7 Å². The van der Waals surface area contributed by atoms with Crippen LogP contribution in [0.1, 0.15) is 53.9 Å². The molecule has 2 heterocycles. The second-order valence-electron chi connectivity index (χ2n) is 10.0. The first-order valence-corrected chi connectivity index (χ1v) is 15.7. The van der Waals surface area contributed by atoms with E-state index in [9.17, 15) is 14.4 Å². The molecule has 0 amide bonds. The molecule has 0 radical (unpaired) electrons. The summed E-state index contributed by atoms with van der Waals surface area (Å²) in [4.78, 5) is 43.6. The number of benzene rings is 3. The first-order valence-electron chi connectivity index (χ1n) is 14.8. The zero-order chi connectivity index (χ0) is 32.6. The molecular formula is C35H34N2O8S. The van der Waals surface area contributed by atoms with Gasteiger partial charge in [0.1, 0.15) is 12.4 Å². The van der Waals surface area contributed by atoms with Crippen LogP contribution in [0.2, 0.25) is 0 Å². The molecule has 0 bridgehead atoms. The van der Waals surface area contributed by atoms with Gasteiger partial charge in [0, 0.05) is 6.20 Å². The second kappa shape index (κ2) is 14.7. The van der Waals surface area contributed by atoms with Gasteiger partial charge in [0.15, 0.2) is 16.3 Å². The summed E-state index contributed by atoms with van der Waals surface area (Å²) in [6, 6.07) is 19.0. The Morgan fingerprint density at radius 1 is 0.891 bits per heavy atom. The van der Waals surface area contributed by atoms with Crippen LogP contribution in [-0.2, 0) is 20.9 Å². The quantitative estimate of drug-likeness (QED) is 0.207. The highest BCUT2D eigenvalue weighted by Gasteiger charge is 2.31. The average Bonchev–Trinajstić information content (AvgIpc) is 3.39. The third-order valence-corrected chi connectivity index (χ3v) is 8.03. The number of methoxy groups -OCH3 is 1. The number of rotatable bonds is 12. The van der Waals surface area contributed by atoms with Crippen LogP contribution in [0.5, 0.6) is 17.2 Å². The lowest BCUT2D eigenvalue weighted by Crippen LogP contribution is -2.39. The monoisotopic (exact) mass is 642 g/mol. The first kappa shape index (κ1) is 32.2. The molecule has 11 heteroatoms. The van der Waals surface area contributed by atoms with Gasteiger partial charge in [0.2, 0.25) is 0 Å². The third-order valence-electron chi connectivity index (χ3n) is 7.03. The van der Waals surface area contributed by atoms with Gasteiger partial charge in [-0.25, -0.2) is 14.6 Å². The van der Waals surface area contributed by atoms with Gasteiger partial charge in [-0.05, 0) is 79.9 Å². The average molecular weight is 643 g/mol. The molecule has 0 N–H and O–H groups in total. The van der Waals surface area contributed by atoms with Crippen LogP contribution in [0.3, 0.4) is 0 Å². The molecule has 1 atom stereocenters. The molecule has 238 valence electrons. The number of aromatic nitrogens is 1. The van der Waals surface area contributed by atoms with Crippen LogP contribution in [0, 0.1) is 0 Å². The fourth-order valence-electron chi connectivity index (χ4n) is 4.95. The molecule has 0 fully saturated rings. The number of thiazole rings is 1. The van der Waals surface area contributed by atoms with Crippen LogP contribution in [0.15, 0.2) is 88.3 Å². The number of ether oxygens (including phenoxy) is 5. The molecule has 3 aromatic carbocycles. The lowest BCUT2D eigenvalue weighted by Gasteiger charge is -2.23. The second-order valence-corrected chi connectivity index (χ2v) is 11.0. The van der Waals surface area contributed by atoms with E-state index in [0.29, 0.717) is 57.5 Å². The Bertz CT molecular complexity index is 1940. The van der Waals surface area contributed by atoms with Crippen molar-refractivity contribution in [2.75, 3.05) is 26.9 Å². The standard InChI is InChI=1S/C35H34N2O8S/c1-5-42-28-16-15-25(19-29(28)43-6-2)31-27(34(40)41-4)20-36-35-37(31)32(38)30(46-35)18-23-9-8-10-26(17-23)45-21-22-11-13-24(14-12-22)33(39)44-7-3/h8-20,31H,5-7,21H2,1-4H3/b30-18+/t31-/m1/s1. The number of carbonyl (C=O) groups is 2. The molecule has 0 saturated heterocycles. The first-order chi connectivity index (χ1) is 22.4. The Kier molecular flexibility index (Phi) is 10.3. The Labute approximate surface area is 269 Å². The topological polar surface area (TPSA) is 115 Å². The smallest absolute Gasteiger partial charge is 0.338 e. The molecule has 0 aliphatic carbocycles. The van der Waals surface area contributed by atoms with Crippen LogP contribution in [0.25, 0.3) is 6.08 Å². The minimum Gasteiger partial charge on any atom is -0.490 e. The van der Waals surface area contributed by atoms with Gasteiger partial charge in [0.25, 0.3) is 5.56 Å². The van der Waals surface area contributed by atoms with E-state index in [1.54, 1.807) is 37.3 Å². The summed E-state index contributed by atoms with van der Waals surface area (Å²) in [7, 11) is 1.29. The van der Waals surface area contributed by atoms with Crippen molar-refractivity contribution in [3.63, 3.8) is 0 Å². The normalized spacial score (nSPS) is 14.0. The lowest BCUT2D eigenvalue weighted by atomic mass is 9.97. The number of carbonyl (C=O) groups excluding carboxylic acids is 2. The summed E-state index contributed by atoms with van der Waals surface area (Å²) in [6.45, 7) is 6.99. The fraction of sp³-hybridized carbons (Fsp3) is 0.257. The van der Waals surface area contributed by atoms with Crippen molar-refractivity contribution in [2.24, 2.45) is 4.99 Å². The molecule has 46 heavy (non-hydrogen) atoms. The maximum absolute atomic E-state index is 13.9. The van der Waals surface area contributed by atoms with Gasteiger partial charge in [-0.1, -0.05) is 41.7 Å². The Balaban J connectivity index is 1.45. The van der Waals surface area contributed by atoms with Crippen LogP contribution < -0.4 is 29.1 Å². The van der Waals surface area contributed by atoms with E-state index in [0.717, 1.165) is 11.1 Å². The van der Waals surface area contributed by atoms with Gasteiger partial charge < -0.3 is 23.7 Å². The zero-order valence-electron chi connectivity index (χ0n) is 26.0. The number of nitrogens with zero attached hydrogens (tertiary/aromatic N) is 2. The predicted octanol–water partition coefficient (Wildman–Crippen LogP) is 4.57. The van der Waals surface area contributed by atoms with Crippen molar-refractivity contribution in [2.45, 2.75) is 33.4 Å². The Hall–Kier alpha value is -5.16. The van der Waals surface area contributed by atoms with Crippen molar-refractivity contribution in [1.29, 1.82) is 0 Å². The minimum atomic E-state index is -0.786. The number of esters is 2. The van der Waals surface area contributed by atoms with E-state index in [1.165, 1.54) is 29.2 Å². The molecule has 1 aliphatic heterocycles. The third kappa shape index (κ3) is 7.05. The van der Waals surface area contributed by atoms with Crippen LogP contribution in [-0.4, -0.2) is 43.4 Å². The molecule has 0 spiro atoms. The van der Waals surface area contributed by atoms with Gasteiger partial charge in [-0.15, -0.1) is 0 Å². The maximum Gasteiger partial charge on any atom is 0.338 e. The highest BCUT2D eigenvalue weighted by atomic mass is 32.1. The number of fused-ring (bicyclic) bond motifs is 1. The summed E-state index contributed by atoms with van der Waals surface area (Å²) in [6.07, 6.45) is 3.23. The van der Waals surface area contributed by atoms with Gasteiger partial charge in [-0.2, -0.15) is 0 Å². The summed E-state index contributed by atoms with van der Waals surface area (Å²) >= 11 is 1.22. The molecule has 1 aliphatic rings. The van der Waals surface area contributed by atoms with E-state index < -0.39 is 12.0 Å². The van der Waals surface area contributed by atoms with E-state index in [2.05, 4.69) is 4.99 Å². The number of hydrogen-bond donors (Lipinski definition) is 0. The van der Waals surface area contributed by atoms with E-state index >= 15 is 0 Å². The van der Waals surface area contributed by atoms with Crippen LogP contribution >= 0.6 is 11.3 Å². The largest absolute Gasteiger partial charge is 0.490 e.